The van der Waals surface area contributed by atoms with E-state index in [0.717, 1.165) is 0 Å². The first-order chi connectivity index (χ1) is 4.20. The first-order valence-corrected chi connectivity index (χ1v) is 3.43. The molecule has 0 heterocycles. The molecule has 9 heavy (non-hydrogen) atoms. The maximum Gasteiger partial charge on any atom is 0.137 e. The summed E-state index contributed by atoms with van der Waals surface area (Å²) in [5.41, 5.74) is 0. The van der Waals surface area contributed by atoms with Gasteiger partial charge >= 0.3 is 0 Å². The predicted octanol–water partition coefficient (Wildman–Crippen LogP) is 2.61. The minimum Gasteiger partial charge on any atom is -0.506 e. The Kier molecular flexibility index (Phi) is 1.98. The highest BCUT2D eigenvalue weighted by molar-refractivity contribution is 9.10. The Bertz CT molecular complexity index is 224. The third kappa shape index (κ3) is 1.60. The van der Waals surface area contributed by atoms with Crippen LogP contribution in [-0.2, 0) is 0 Å². The van der Waals surface area contributed by atoms with Gasteiger partial charge in [0.15, 0.2) is 0 Å². The molecule has 1 radical (unpaired) electrons. The molecule has 0 amide bonds. The molecule has 0 aliphatic heterocycles. The zero-order chi connectivity index (χ0) is 6.85. The van der Waals surface area contributed by atoms with Crippen molar-refractivity contribution >= 4 is 27.5 Å². The molecule has 0 atom stereocenters. The first kappa shape index (κ1) is 6.90. The number of hydrogen-bond acceptors (Lipinski definition) is 1. The van der Waals surface area contributed by atoms with Crippen molar-refractivity contribution in [1.29, 1.82) is 0 Å². The largest absolute Gasteiger partial charge is 0.506 e. The van der Waals surface area contributed by atoms with Gasteiger partial charge in [0.2, 0.25) is 0 Å². The molecule has 3 heteroatoms. The van der Waals surface area contributed by atoms with Gasteiger partial charge in [0.05, 0.1) is 4.47 Å². The van der Waals surface area contributed by atoms with Crippen LogP contribution >= 0.6 is 27.5 Å². The maximum atomic E-state index is 8.88. The van der Waals surface area contributed by atoms with Crippen molar-refractivity contribution in [2.75, 3.05) is 0 Å². The molecular weight excluding hydrogens is 203 g/mol. The number of rotatable bonds is 0. The summed E-state index contributed by atoms with van der Waals surface area (Å²) in [4.78, 5) is 0. The predicted molar refractivity (Wildman–Crippen MR) is 39.7 cm³/mol. The van der Waals surface area contributed by atoms with Crippen LogP contribution < -0.4 is 0 Å². The highest BCUT2D eigenvalue weighted by Gasteiger charge is 1.95. The Morgan fingerprint density at radius 1 is 1.67 bits per heavy atom. The molecule has 0 saturated carbocycles. The van der Waals surface area contributed by atoms with Crippen LogP contribution in [0.4, 0.5) is 0 Å². The van der Waals surface area contributed by atoms with Crippen molar-refractivity contribution in [2.45, 2.75) is 0 Å². The molecule has 0 aromatic heterocycles. The molecule has 0 aliphatic carbocycles. The summed E-state index contributed by atoms with van der Waals surface area (Å²) in [6.45, 7) is 0. The van der Waals surface area contributed by atoms with Gasteiger partial charge in [-0.3, -0.25) is 0 Å². The van der Waals surface area contributed by atoms with E-state index in [4.69, 9.17) is 16.7 Å². The van der Waals surface area contributed by atoms with E-state index in [1.807, 2.05) is 0 Å². The van der Waals surface area contributed by atoms with Gasteiger partial charge in [-0.25, -0.2) is 0 Å². The second-order valence-corrected chi connectivity index (χ2v) is 2.81. The Hall–Kier alpha value is -0.210. The Balaban J connectivity index is 3.17. The monoisotopic (exact) mass is 205 g/mol. The molecule has 0 saturated heterocycles. The average molecular weight is 206 g/mol. The van der Waals surface area contributed by atoms with Crippen molar-refractivity contribution in [3.05, 3.63) is 27.7 Å². The van der Waals surface area contributed by atoms with Crippen molar-refractivity contribution in [3.63, 3.8) is 0 Å². The lowest BCUT2D eigenvalue weighted by Gasteiger charge is -1.93. The van der Waals surface area contributed by atoms with Gasteiger partial charge in [-0.15, -0.1) is 0 Å². The number of benzene rings is 1. The van der Waals surface area contributed by atoms with E-state index in [0.29, 0.717) is 9.50 Å². The molecule has 0 spiro atoms. The van der Waals surface area contributed by atoms with Crippen molar-refractivity contribution in [3.8, 4) is 5.75 Å². The van der Waals surface area contributed by atoms with Gasteiger partial charge in [-0.1, -0.05) is 11.6 Å². The van der Waals surface area contributed by atoms with Crippen molar-refractivity contribution < 1.29 is 5.11 Å². The summed E-state index contributed by atoms with van der Waals surface area (Å²) in [6, 6.07) is 5.65. The Morgan fingerprint density at radius 3 is 2.78 bits per heavy atom. The Labute approximate surface area is 66.4 Å². The summed E-state index contributed by atoms with van der Waals surface area (Å²) >= 11 is 8.62. The number of hydrogen-bond donors (Lipinski definition) is 1. The van der Waals surface area contributed by atoms with Crippen LogP contribution in [-0.4, -0.2) is 5.11 Å². The van der Waals surface area contributed by atoms with Gasteiger partial charge in [-0.05, 0) is 28.1 Å². The molecule has 0 bridgehead atoms. The highest BCUT2D eigenvalue weighted by atomic mass is 79.9. The average Bonchev–Trinajstić information content (AvgIpc) is 1.80. The van der Waals surface area contributed by atoms with E-state index in [1.165, 1.54) is 6.07 Å². The van der Waals surface area contributed by atoms with Crippen LogP contribution in [0.2, 0.25) is 5.02 Å². The quantitative estimate of drug-likeness (QED) is 0.692. The fourth-order valence-electron chi connectivity index (χ4n) is 0.437. The van der Waals surface area contributed by atoms with Gasteiger partial charge in [0.25, 0.3) is 0 Å². The minimum absolute atomic E-state index is 0.0828. The van der Waals surface area contributed by atoms with Crippen LogP contribution in [0.15, 0.2) is 16.6 Å². The molecule has 0 unspecified atom stereocenters. The first-order valence-electron chi connectivity index (χ1n) is 2.26. The van der Waals surface area contributed by atoms with E-state index in [9.17, 15) is 0 Å². The molecule has 47 valence electrons. The molecule has 1 aromatic carbocycles. The second-order valence-electron chi connectivity index (χ2n) is 1.51. The van der Waals surface area contributed by atoms with E-state index >= 15 is 0 Å². The topological polar surface area (TPSA) is 20.2 Å². The highest BCUT2D eigenvalue weighted by Crippen LogP contribution is 2.25. The molecule has 0 fully saturated rings. The zero-order valence-corrected chi connectivity index (χ0v) is 6.70. The minimum atomic E-state index is 0.0828. The summed E-state index contributed by atoms with van der Waals surface area (Å²) in [5.74, 6) is 0.0828. The molecule has 1 rings (SSSR count). The normalized spacial score (nSPS) is 9.56. The molecule has 0 aliphatic rings. The lowest BCUT2D eigenvalue weighted by molar-refractivity contribution is 0.471. The third-order valence-corrected chi connectivity index (χ3v) is 1.66. The standard InChI is InChI=1S/C6H3BrClO/c7-5-3-4(8)1-2-6(5)9/h1,3,9H. The van der Waals surface area contributed by atoms with E-state index in [1.54, 1.807) is 6.07 Å². The fourth-order valence-corrected chi connectivity index (χ4v) is 1.09. The van der Waals surface area contributed by atoms with Gasteiger partial charge < -0.3 is 5.11 Å². The van der Waals surface area contributed by atoms with Crippen LogP contribution in [0.5, 0.6) is 5.75 Å². The Morgan fingerprint density at radius 2 is 2.33 bits per heavy atom. The smallest absolute Gasteiger partial charge is 0.137 e. The molecular formula is C6H3BrClO. The number of phenolic OH excluding ortho intramolecular Hbond substituents is 1. The van der Waals surface area contributed by atoms with Crippen LogP contribution in [0.25, 0.3) is 0 Å². The van der Waals surface area contributed by atoms with Crippen LogP contribution in [0.3, 0.4) is 0 Å². The molecule has 1 nitrogen and oxygen atoms in total. The van der Waals surface area contributed by atoms with Gasteiger partial charge in [0.1, 0.15) is 5.75 Å². The maximum absolute atomic E-state index is 8.88. The summed E-state index contributed by atoms with van der Waals surface area (Å²) in [6.07, 6.45) is 0. The summed E-state index contributed by atoms with van der Waals surface area (Å²) in [7, 11) is 0. The van der Waals surface area contributed by atoms with E-state index in [-0.39, 0.29) is 5.75 Å². The van der Waals surface area contributed by atoms with Crippen molar-refractivity contribution in [2.24, 2.45) is 0 Å². The van der Waals surface area contributed by atoms with Gasteiger partial charge in [-0.2, -0.15) is 0 Å². The SMILES string of the molecule is Oc1[c]cc(Cl)cc1Br. The van der Waals surface area contributed by atoms with Crippen LogP contribution in [0, 0.1) is 6.07 Å². The van der Waals surface area contributed by atoms with Gasteiger partial charge in [0, 0.05) is 11.1 Å². The molecule has 1 aromatic rings. The lowest BCUT2D eigenvalue weighted by atomic mass is 10.3. The van der Waals surface area contributed by atoms with Crippen molar-refractivity contribution in [1.82, 2.24) is 0 Å². The van der Waals surface area contributed by atoms with E-state index < -0.39 is 0 Å². The summed E-state index contributed by atoms with van der Waals surface area (Å²) in [5, 5.41) is 9.44. The third-order valence-electron chi connectivity index (χ3n) is 0.838. The number of halogens is 2. The van der Waals surface area contributed by atoms with E-state index in [2.05, 4.69) is 22.0 Å². The number of aromatic hydroxyl groups is 1. The molecule has 1 N–H and O–H groups in total. The summed E-state index contributed by atoms with van der Waals surface area (Å²) < 4.78 is 0.565. The zero-order valence-electron chi connectivity index (χ0n) is 4.36. The second kappa shape index (κ2) is 2.58. The number of phenols is 1. The fraction of sp³-hybridized carbons (Fsp3) is 0. The van der Waals surface area contributed by atoms with Crippen LogP contribution in [0.1, 0.15) is 0 Å². The lowest BCUT2D eigenvalue weighted by Crippen LogP contribution is -1.67.